The molecule has 2 aliphatic carbocycles. The lowest BCUT2D eigenvalue weighted by Crippen LogP contribution is -2.77. The Kier molecular flexibility index (Phi) is 3.96. The molecule has 28 heavy (non-hydrogen) atoms. The van der Waals surface area contributed by atoms with Gasteiger partial charge < -0.3 is 26.3 Å². The van der Waals surface area contributed by atoms with Crippen molar-refractivity contribution in [2.24, 2.45) is 16.7 Å². The zero-order valence-electron chi connectivity index (χ0n) is 16.1. The molecule has 1 amide bonds. The molecule has 0 radical (unpaired) electrons. The monoisotopic (exact) mass is 383 g/mol. The molecule has 0 aromatic heterocycles. The Morgan fingerprint density at radius 1 is 1.50 bits per heavy atom. The van der Waals surface area contributed by atoms with Crippen molar-refractivity contribution in [3.8, 4) is 5.75 Å². The first-order chi connectivity index (χ1) is 13.2. The summed E-state index contributed by atoms with van der Waals surface area (Å²) < 4.78 is 0.652. The highest BCUT2D eigenvalue weighted by molar-refractivity contribution is 5.99. The number of carbonyl (C=O) groups is 1. The number of likely N-dealkylation sites (tertiary alicyclic amines) is 1. The van der Waals surface area contributed by atoms with Gasteiger partial charge in [-0.15, -0.1) is 0 Å². The molecule has 1 unspecified atom stereocenters. The summed E-state index contributed by atoms with van der Waals surface area (Å²) in [6, 6.07) is 3.30. The van der Waals surface area contributed by atoms with Gasteiger partial charge in [-0.1, -0.05) is 12.6 Å². The molecule has 1 heterocycles. The number of allylic oxidation sites excluding steroid dienone is 1. The number of nitrogens with two attached hydrogens (primary N) is 2. The Labute approximate surface area is 164 Å². The standard InChI is InChI=1S/C21H26N4O3/c1-3-9-25(2)10-8-20-12-14(24-23)6-7-21(20,28)16(25)11-13-4-5-15(19(22)27)18(26)17(13)20/h3-7,16,28H,1,8-12,23H2,2H3,(H2-,22,26,27)/p+1/b24-14-/t16-,20-,21-,25?/m1/s1. The summed E-state index contributed by atoms with van der Waals surface area (Å²) in [5, 5.41) is 27.0. The van der Waals surface area contributed by atoms with Crippen molar-refractivity contribution in [3.63, 3.8) is 0 Å². The Morgan fingerprint density at radius 3 is 2.89 bits per heavy atom. The van der Waals surface area contributed by atoms with Crippen molar-refractivity contribution in [1.29, 1.82) is 0 Å². The number of carbonyl (C=O) groups excluding carboxylic acids is 1. The van der Waals surface area contributed by atoms with Crippen LogP contribution in [0.4, 0.5) is 0 Å². The quantitative estimate of drug-likeness (QED) is 0.266. The summed E-state index contributed by atoms with van der Waals surface area (Å²) in [5.74, 6) is 4.75. The van der Waals surface area contributed by atoms with E-state index in [9.17, 15) is 15.0 Å². The molecule has 1 saturated heterocycles. The van der Waals surface area contributed by atoms with Crippen molar-refractivity contribution in [1.82, 2.24) is 0 Å². The van der Waals surface area contributed by atoms with E-state index in [2.05, 4.69) is 18.7 Å². The number of fused-ring (bicyclic) bond motifs is 1. The average Bonchev–Trinajstić information content (AvgIpc) is 2.64. The zero-order valence-corrected chi connectivity index (χ0v) is 16.1. The van der Waals surface area contributed by atoms with Gasteiger partial charge in [0.05, 0.1) is 31.4 Å². The van der Waals surface area contributed by atoms with Crippen LogP contribution in [-0.4, -0.2) is 58.1 Å². The number of primary amides is 1. The predicted molar refractivity (Wildman–Crippen MR) is 107 cm³/mol. The van der Waals surface area contributed by atoms with Crippen LogP contribution in [0.2, 0.25) is 0 Å². The Balaban J connectivity index is 2.04. The van der Waals surface area contributed by atoms with E-state index in [1.807, 2.05) is 12.1 Å². The number of phenols is 1. The number of amides is 1. The normalized spacial score (nSPS) is 37.2. The van der Waals surface area contributed by atoms with Gasteiger partial charge in [0.1, 0.15) is 17.4 Å². The van der Waals surface area contributed by atoms with Gasteiger partial charge >= 0.3 is 0 Å². The molecule has 3 aliphatic rings. The van der Waals surface area contributed by atoms with Crippen molar-refractivity contribution in [2.75, 3.05) is 20.1 Å². The van der Waals surface area contributed by atoms with Gasteiger partial charge in [0.15, 0.2) is 0 Å². The molecule has 7 nitrogen and oxygen atoms in total. The zero-order chi connectivity index (χ0) is 20.3. The number of quaternary nitrogens is 1. The molecule has 1 aliphatic heterocycles. The van der Waals surface area contributed by atoms with E-state index in [0.29, 0.717) is 35.0 Å². The number of rotatable bonds is 3. The molecule has 1 aromatic carbocycles. The first kappa shape index (κ1) is 18.7. The van der Waals surface area contributed by atoms with Gasteiger partial charge in [-0.3, -0.25) is 4.79 Å². The van der Waals surface area contributed by atoms with Crippen molar-refractivity contribution in [3.05, 3.63) is 53.6 Å². The van der Waals surface area contributed by atoms with Crippen LogP contribution in [0.5, 0.6) is 5.75 Å². The molecule has 7 heteroatoms. The van der Waals surface area contributed by atoms with Crippen LogP contribution in [0.1, 0.15) is 34.3 Å². The fourth-order valence-electron chi connectivity index (χ4n) is 5.82. The lowest BCUT2D eigenvalue weighted by molar-refractivity contribution is -0.942. The topological polar surface area (TPSA) is 122 Å². The summed E-state index contributed by atoms with van der Waals surface area (Å²) in [6.45, 7) is 5.43. The number of hydrogen-bond donors (Lipinski definition) is 4. The minimum absolute atomic E-state index is 0.0728. The van der Waals surface area contributed by atoms with Crippen LogP contribution < -0.4 is 11.6 Å². The van der Waals surface area contributed by atoms with Crippen molar-refractivity contribution < 1.29 is 19.5 Å². The van der Waals surface area contributed by atoms with E-state index in [1.54, 1.807) is 18.2 Å². The SMILES string of the molecule is C=CC[N+]1(C)CC[C@]23C/C(=N\N)C=C[C@@]2(O)[C@H]1Cc1ccc(C(N)=O)c(O)c13. The van der Waals surface area contributed by atoms with Gasteiger partial charge in [-0.05, 0) is 29.9 Å². The summed E-state index contributed by atoms with van der Waals surface area (Å²) in [6.07, 6.45) is 7.02. The molecular weight excluding hydrogens is 356 g/mol. The second kappa shape index (κ2) is 5.93. The van der Waals surface area contributed by atoms with E-state index in [-0.39, 0.29) is 17.4 Å². The third kappa shape index (κ3) is 2.17. The lowest BCUT2D eigenvalue weighted by atomic mass is 9.50. The van der Waals surface area contributed by atoms with Gasteiger partial charge in [-0.2, -0.15) is 5.10 Å². The van der Waals surface area contributed by atoms with E-state index >= 15 is 0 Å². The van der Waals surface area contributed by atoms with Crippen LogP contribution in [0.15, 0.2) is 42.0 Å². The number of piperidine rings is 1. The van der Waals surface area contributed by atoms with Gasteiger partial charge in [0.2, 0.25) is 0 Å². The van der Waals surface area contributed by atoms with E-state index in [0.717, 1.165) is 18.7 Å². The largest absolute Gasteiger partial charge is 0.507 e. The molecule has 4 rings (SSSR count). The molecule has 6 N–H and O–H groups in total. The fraction of sp³-hybridized carbons (Fsp3) is 0.429. The highest BCUT2D eigenvalue weighted by Gasteiger charge is 2.68. The Bertz CT molecular complexity index is 940. The molecule has 0 saturated carbocycles. The smallest absolute Gasteiger partial charge is 0.252 e. The molecule has 2 bridgehead atoms. The number of hydrazone groups is 1. The van der Waals surface area contributed by atoms with Crippen molar-refractivity contribution in [2.45, 2.75) is 36.3 Å². The number of aliphatic hydroxyl groups is 1. The summed E-state index contributed by atoms with van der Waals surface area (Å²) in [7, 11) is 2.14. The molecule has 1 fully saturated rings. The maximum absolute atomic E-state index is 12.1. The minimum atomic E-state index is -1.21. The number of likely N-dealkylation sites (N-methyl/N-ethyl adjacent to an activating group) is 1. The molecule has 0 spiro atoms. The van der Waals surface area contributed by atoms with Gasteiger partial charge in [0, 0.05) is 30.2 Å². The molecule has 4 atom stereocenters. The van der Waals surface area contributed by atoms with Gasteiger partial charge in [0.25, 0.3) is 5.91 Å². The van der Waals surface area contributed by atoms with E-state index < -0.39 is 16.9 Å². The van der Waals surface area contributed by atoms with Crippen LogP contribution in [0.3, 0.4) is 0 Å². The first-order valence-electron chi connectivity index (χ1n) is 9.51. The predicted octanol–water partition coefficient (Wildman–Crippen LogP) is 0.696. The Hall–Kier alpha value is -2.64. The second-order valence-corrected chi connectivity index (χ2v) is 8.54. The van der Waals surface area contributed by atoms with Crippen molar-refractivity contribution >= 4 is 11.6 Å². The highest BCUT2D eigenvalue weighted by Crippen LogP contribution is 2.59. The summed E-state index contributed by atoms with van der Waals surface area (Å²) in [5.41, 5.74) is 5.72. The summed E-state index contributed by atoms with van der Waals surface area (Å²) in [4.78, 5) is 11.9. The maximum atomic E-state index is 12.1. The Morgan fingerprint density at radius 2 is 2.25 bits per heavy atom. The van der Waals surface area contributed by atoms with Crippen LogP contribution in [-0.2, 0) is 11.8 Å². The third-order valence-corrected chi connectivity index (χ3v) is 7.22. The van der Waals surface area contributed by atoms with Crippen LogP contribution in [0, 0.1) is 0 Å². The van der Waals surface area contributed by atoms with E-state index in [1.165, 1.54) is 0 Å². The number of aromatic hydroxyl groups is 1. The fourth-order valence-corrected chi connectivity index (χ4v) is 5.82. The molecular formula is C21H27N4O3+. The number of nitrogens with zero attached hydrogens (tertiary/aromatic N) is 2. The minimum Gasteiger partial charge on any atom is -0.507 e. The average molecular weight is 383 g/mol. The first-order valence-corrected chi connectivity index (χ1v) is 9.51. The second-order valence-electron chi connectivity index (χ2n) is 8.54. The lowest BCUT2D eigenvalue weighted by Gasteiger charge is -2.63. The molecule has 1 aromatic rings. The van der Waals surface area contributed by atoms with E-state index in [4.69, 9.17) is 11.6 Å². The van der Waals surface area contributed by atoms with Crippen LogP contribution in [0.25, 0.3) is 0 Å². The highest BCUT2D eigenvalue weighted by atomic mass is 16.3. The summed E-state index contributed by atoms with van der Waals surface area (Å²) >= 11 is 0. The number of hydrogen-bond acceptors (Lipinski definition) is 5. The third-order valence-electron chi connectivity index (χ3n) is 7.22. The number of benzene rings is 1. The molecule has 148 valence electrons. The maximum Gasteiger partial charge on any atom is 0.252 e. The van der Waals surface area contributed by atoms with Crippen LogP contribution >= 0.6 is 0 Å². The van der Waals surface area contributed by atoms with Gasteiger partial charge in [-0.25, -0.2) is 0 Å².